The van der Waals surface area contributed by atoms with Crippen LogP contribution in [0.5, 0.6) is 0 Å². The molecule has 3 aliphatic heterocycles. The lowest BCUT2D eigenvalue weighted by Crippen LogP contribution is -2.34. The number of benzene rings is 1. The summed E-state index contributed by atoms with van der Waals surface area (Å²) in [5, 5.41) is 0.752. The fourth-order valence-electron chi connectivity index (χ4n) is 4.59. The van der Waals surface area contributed by atoms with Crippen molar-refractivity contribution in [2.45, 2.75) is 31.8 Å². The SMILES string of the molecule is O=C(CCc1ccccc1Cl)N1C[C@H]2[C@H](CN3CCCC3)CO[C@H]2C1. The van der Waals surface area contributed by atoms with Crippen molar-refractivity contribution in [1.82, 2.24) is 9.80 Å². The maximum atomic E-state index is 12.6. The summed E-state index contributed by atoms with van der Waals surface area (Å²) in [4.78, 5) is 17.2. The molecule has 136 valence electrons. The number of hydrogen-bond acceptors (Lipinski definition) is 3. The molecule has 1 aromatic carbocycles. The number of amides is 1. The number of carbonyl (C=O) groups is 1. The molecule has 1 aromatic rings. The predicted octanol–water partition coefficient (Wildman–Crippen LogP) is 2.84. The summed E-state index contributed by atoms with van der Waals surface area (Å²) in [6, 6.07) is 7.79. The molecule has 3 fully saturated rings. The van der Waals surface area contributed by atoms with Crippen LogP contribution in [0.25, 0.3) is 0 Å². The van der Waals surface area contributed by atoms with Gasteiger partial charge in [-0.25, -0.2) is 0 Å². The van der Waals surface area contributed by atoms with Crippen LogP contribution in [0.3, 0.4) is 0 Å². The van der Waals surface area contributed by atoms with Crippen molar-refractivity contribution in [2.24, 2.45) is 11.8 Å². The Kier molecular flexibility index (Phi) is 5.30. The van der Waals surface area contributed by atoms with Crippen molar-refractivity contribution < 1.29 is 9.53 Å². The van der Waals surface area contributed by atoms with E-state index in [1.54, 1.807) is 0 Å². The molecule has 4 rings (SSSR count). The van der Waals surface area contributed by atoms with Gasteiger partial charge >= 0.3 is 0 Å². The molecule has 0 N–H and O–H groups in total. The lowest BCUT2D eigenvalue weighted by atomic mass is 9.93. The minimum atomic E-state index is 0.234. The first-order chi connectivity index (χ1) is 12.2. The molecule has 0 bridgehead atoms. The minimum Gasteiger partial charge on any atom is -0.376 e. The topological polar surface area (TPSA) is 32.8 Å². The number of nitrogens with zero attached hydrogens (tertiary/aromatic N) is 2. The molecule has 4 nitrogen and oxygen atoms in total. The highest BCUT2D eigenvalue weighted by molar-refractivity contribution is 6.31. The van der Waals surface area contributed by atoms with Gasteiger partial charge in [0.25, 0.3) is 0 Å². The Bertz CT molecular complexity index is 617. The average Bonchev–Trinajstić information content (AvgIpc) is 3.33. The van der Waals surface area contributed by atoms with Gasteiger partial charge in [0.05, 0.1) is 12.7 Å². The molecule has 0 radical (unpaired) electrons. The number of aryl methyl sites for hydroxylation is 1. The van der Waals surface area contributed by atoms with Crippen molar-refractivity contribution in [3.63, 3.8) is 0 Å². The van der Waals surface area contributed by atoms with E-state index in [0.717, 1.165) is 36.8 Å². The van der Waals surface area contributed by atoms with Gasteiger partial charge in [0.15, 0.2) is 0 Å². The largest absolute Gasteiger partial charge is 0.376 e. The Labute approximate surface area is 155 Å². The molecule has 0 aliphatic carbocycles. The van der Waals surface area contributed by atoms with E-state index in [1.807, 2.05) is 29.2 Å². The normalized spacial score (nSPS) is 29.3. The van der Waals surface area contributed by atoms with Crippen molar-refractivity contribution in [1.29, 1.82) is 0 Å². The number of halogens is 1. The molecular formula is C20H27ClN2O2. The monoisotopic (exact) mass is 362 g/mol. The van der Waals surface area contributed by atoms with E-state index in [0.29, 0.717) is 24.7 Å². The molecule has 1 amide bonds. The van der Waals surface area contributed by atoms with Crippen molar-refractivity contribution in [3.8, 4) is 0 Å². The molecule has 0 saturated carbocycles. The predicted molar refractivity (Wildman–Crippen MR) is 98.7 cm³/mol. The van der Waals surface area contributed by atoms with Gasteiger partial charge in [-0.2, -0.15) is 0 Å². The fraction of sp³-hybridized carbons (Fsp3) is 0.650. The Morgan fingerprint density at radius 1 is 1.20 bits per heavy atom. The second-order valence-electron chi connectivity index (χ2n) is 7.69. The summed E-state index contributed by atoms with van der Waals surface area (Å²) >= 11 is 6.20. The van der Waals surface area contributed by atoms with Gasteiger partial charge < -0.3 is 14.5 Å². The lowest BCUT2D eigenvalue weighted by molar-refractivity contribution is -0.130. The zero-order valence-corrected chi connectivity index (χ0v) is 15.5. The zero-order chi connectivity index (χ0) is 17.2. The van der Waals surface area contributed by atoms with Crippen molar-refractivity contribution >= 4 is 17.5 Å². The molecular weight excluding hydrogens is 336 g/mol. The van der Waals surface area contributed by atoms with Gasteiger partial charge in [-0.05, 0) is 44.0 Å². The van der Waals surface area contributed by atoms with Crippen molar-refractivity contribution in [2.75, 3.05) is 39.3 Å². The third-order valence-electron chi connectivity index (χ3n) is 6.05. The Morgan fingerprint density at radius 2 is 2.00 bits per heavy atom. The first-order valence-corrected chi connectivity index (χ1v) is 9.93. The number of carbonyl (C=O) groups excluding carboxylic acids is 1. The highest BCUT2D eigenvalue weighted by Gasteiger charge is 2.45. The fourth-order valence-corrected chi connectivity index (χ4v) is 4.82. The standard InChI is InChI=1S/C20H27ClN2O2/c21-18-6-2-1-5-15(18)7-8-20(24)23-12-17-16(14-25-19(17)13-23)11-22-9-3-4-10-22/h1-2,5-6,16-17,19H,3-4,7-14H2/t16-,17+,19+/m1/s1. The average molecular weight is 363 g/mol. The van der Waals surface area contributed by atoms with Crippen LogP contribution in [0.15, 0.2) is 24.3 Å². The third kappa shape index (κ3) is 3.86. The Hall–Kier alpha value is -1.10. The maximum Gasteiger partial charge on any atom is 0.223 e. The lowest BCUT2D eigenvalue weighted by Gasteiger charge is -2.24. The van der Waals surface area contributed by atoms with Crippen LogP contribution in [-0.4, -0.2) is 61.1 Å². The van der Waals surface area contributed by atoms with E-state index >= 15 is 0 Å². The van der Waals surface area contributed by atoms with Crippen LogP contribution in [0.1, 0.15) is 24.8 Å². The molecule has 0 aromatic heterocycles. The van der Waals surface area contributed by atoms with E-state index < -0.39 is 0 Å². The molecule has 3 aliphatic rings. The Balaban J connectivity index is 1.29. The second kappa shape index (κ2) is 7.65. The Morgan fingerprint density at radius 3 is 2.80 bits per heavy atom. The molecule has 25 heavy (non-hydrogen) atoms. The highest BCUT2D eigenvalue weighted by Crippen LogP contribution is 2.35. The van der Waals surface area contributed by atoms with Gasteiger partial charge in [-0.1, -0.05) is 29.8 Å². The number of fused-ring (bicyclic) bond motifs is 1. The molecule has 3 heterocycles. The zero-order valence-electron chi connectivity index (χ0n) is 14.7. The number of rotatable bonds is 5. The number of hydrogen-bond donors (Lipinski definition) is 0. The van der Waals surface area contributed by atoms with Crippen LogP contribution in [-0.2, 0) is 16.0 Å². The van der Waals surface area contributed by atoms with E-state index in [-0.39, 0.29) is 12.0 Å². The molecule has 0 unspecified atom stereocenters. The van der Waals surface area contributed by atoms with Gasteiger partial charge in [0, 0.05) is 42.9 Å². The van der Waals surface area contributed by atoms with Gasteiger partial charge in [-0.3, -0.25) is 4.79 Å². The van der Waals surface area contributed by atoms with Gasteiger partial charge in [0.1, 0.15) is 0 Å². The van der Waals surface area contributed by atoms with Crippen LogP contribution < -0.4 is 0 Å². The molecule has 3 saturated heterocycles. The van der Waals surface area contributed by atoms with Gasteiger partial charge in [0.2, 0.25) is 5.91 Å². The summed E-state index contributed by atoms with van der Waals surface area (Å²) < 4.78 is 6.02. The van der Waals surface area contributed by atoms with E-state index in [9.17, 15) is 4.79 Å². The van der Waals surface area contributed by atoms with Gasteiger partial charge in [-0.15, -0.1) is 0 Å². The van der Waals surface area contributed by atoms with Crippen LogP contribution in [0.2, 0.25) is 5.02 Å². The second-order valence-corrected chi connectivity index (χ2v) is 8.10. The molecule has 3 atom stereocenters. The van der Waals surface area contributed by atoms with E-state index in [2.05, 4.69) is 4.90 Å². The summed E-state index contributed by atoms with van der Waals surface area (Å²) in [5.41, 5.74) is 1.06. The molecule has 0 spiro atoms. The van der Waals surface area contributed by atoms with E-state index in [4.69, 9.17) is 16.3 Å². The molecule has 5 heteroatoms. The summed E-state index contributed by atoms with van der Waals surface area (Å²) in [6.07, 6.45) is 4.14. The summed E-state index contributed by atoms with van der Waals surface area (Å²) in [5.74, 6) is 1.34. The van der Waals surface area contributed by atoms with Crippen LogP contribution in [0, 0.1) is 11.8 Å². The first-order valence-electron chi connectivity index (χ1n) is 9.56. The smallest absolute Gasteiger partial charge is 0.223 e. The minimum absolute atomic E-state index is 0.234. The number of ether oxygens (including phenoxy) is 1. The third-order valence-corrected chi connectivity index (χ3v) is 6.42. The maximum absolute atomic E-state index is 12.6. The number of likely N-dealkylation sites (tertiary alicyclic amines) is 2. The quantitative estimate of drug-likeness (QED) is 0.807. The van der Waals surface area contributed by atoms with Crippen molar-refractivity contribution in [3.05, 3.63) is 34.9 Å². The van der Waals surface area contributed by atoms with Crippen LogP contribution >= 0.6 is 11.6 Å². The summed E-state index contributed by atoms with van der Waals surface area (Å²) in [7, 11) is 0. The summed E-state index contributed by atoms with van der Waals surface area (Å²) in [6.45, 7) is 6.10. The first kappa shape index (κ1) is 17.3. The highest BCUT2D eigenvalue weighted by atomic mass is 35.5. The van der Waals surface area contributed by atoms with Crippen LogP contribution in [0.4, 0.5) is 0 Å². The van der Waals surface area contributed by atoms with E-state index in [1.165, 1.54) is 25.9 Å².